The molecule has 4 saturated carbocycles. The first-order chi connectivity index (χ1) is 18.9. The number of hydrazine groups is 1. The van der Waals surface area contributed by atoms with E-state index in [1.807, 2.05) is 0 Å². The van der Waals surface area contributed by atoms with E-state index in [1.54, 1.807) is 0 Å². The molecule has 6 heteroatoms. The number of nitrogens with zero attached hydrogens (tertiary/aromatic N) is 1. The summed E-state index contributed by atoms with van der Waals surface area (Å²) in [6.45, 7) is 5.37. The molecule has 2 heterocycles. The van der Waals surface area contributed by atoms with Gasteiger partial charge in [-0.1, -0.05) is 32.1 Å². The quantitative estimate of drug-likeness (QED) is 0.375. The second-order valence-electron chi connectivity index (χ2n) is 15.2. The molecule has 2 aliphatic heterocycles. The van der Waals surface area contributed by atoms with E-state index in [4.69, 9.17) is 0 Å². The van der Waals surface area contributed by atoms with Crippen molar-refractivity contribution < 1.29 is 4.79 Å². The van der Waals surface area contributed by atoms with Crippen molar-refractivity contribution in [1.82, 2.24) is 21.5 Å². The molecular formula is C33H55N5O. The van der Waals surface area contributed by atoms with Crippen LogP contribution in [0, 0.1) is 58.2 Å². The Morgan fingerprint density at radius 2 is 1.54 bits per heavy atom. The molecule has 8 unspecified atom stereocenters. The van der Waals surface area contributed by atoms with Crippen LogP contribution >= 0.6 is 0 Å². The second kappa shape index (κ2) is 12.0. The van der Waals surface area contributed by atoms with Crippen LogP contribution in [-0.2, 0) is 4.79 Å². The Kier molecular flexibility index (Phi) is 8.60. The fourth-order valence-corrected chi connectivity index (χ4v) is 10.2. The molecule has 2 saturated heterocycles. The molecule has 1 amide bonds. The van der Waals surface area contributed by atoms with Crippen LogP contribution in [0.25, 0.3) is 0 Å². The van der Waals surface area contributed by atoms with Crippen molar-refractivity contribution in [2.45, 2.75) is 141 Å². The van der Waals surface area contributed by atoms with Gasteiger partial charge in [0.2, 0.25) is 5.91 Å². The highest BCUT2D eigenvalue weighted by Gasteiger charge is 2.52. The van der Waals surface area contributed by atoms with E-state index in [2.05, 4.69) is 41.4 Å². The molecule has 6 aliphatic rings. The summed E-state index contributed by atoms with van der Waals surface area (Å²) >= 11 is 0. The predicted molar refractivity (Wildman–Crippen MR) is 155 cm³/mol. The molecule has 0 bridgehead atoms. The Morgan fingerprint density at radius 3 is 2.31 bits per heavy atom. The summed E-state index contributed by atoms with van der Waals surface area (Å²) in [5.74, 6) is 4.97. The van der Waals surface area contributed by atoms with Gasteiger partial charge < -0.3 is 10.6 Å². The number of hydrogen-bond acceptors (Lipinski definition) is 5. The van der Waals surface area contributed by atoms with Gasteiger partial charge in [0.05, 0.1) is 11.5 Å². The van der Waals surface area contributed by atoms with Crippen molar-refractivity contribution in [1.29, 1.82) is 5.26 Å². The van der Waals surface area contributed by atoms with Crippen molar-refractivity contribution in [3.8, 4) is 6.07 Å². The normalized spacial score (nSPS) is 43.6. The lowest BCUT2D eigenvalue weighted by Gasteiger charge is -2.50. The van der Waals surface area contributed by atoms with Gasteiger partial charge in [0.15, 0.2) is 0 Å². The van der Waals surface area contributed by atoms with Gasteiger partial charge >= 0.3 is 0 Å². The molecule has 6 fully saturated rings. The molecule has 0 aromatic carbocycles. The van der Waals surface area contributed by atoms with E-state index in [9.17, 15) is 10.1 Å². The summed E-state index contributed by atoms with van der Waals surface area (Å²) in [6.07, 6.45) is 20.0. The number of rotatable bonds is 5. The van der Waals surface area contributed by atoms with Gasteiger partial charge in [-0.2, -0.15) is 5.26 Å². The molecule has 39 heavy (non-hydrogen) atoms. The lowest BCUT2D eigenvalue weighted by Crippen LogP contribution is -2.58. The molecule has 0 radical (unpaired) electrons. The molecule has 6 rings (SSSR count). The van der Waals surface area contributed by atoms with Crippen LogP contribution in [0.5, 0.6) is 0 Å². The number of amides is 1. The van der Waals surface area contributed by atoms with Crippen LogP contribution < -0.4 is 21.5 Å². The standard InChI is InChI=1S/C33H55N5O/c1-33(2,20-34)25-14-11-21(12-15-25)31-30-27-18-24(13-16-28(27)35-19-29(30)37-38-31)23-9-6-10-26(17-23)36-32(39)22-7-4-3-5-8-22/h21-31,35,37-38H,3-19H2,1-2H3,(H,36,39). The fourth-order valence-electron chi connectivity index (χ4n) is 10.2. The summed E-state index contributed by atoms with van der Waals surface area (Å²) in [5.41, 5.74) is 7.36. The smallest absolute Gasteiger partial charge is 0.223 e. The van der Waals surface area contributed by atoms with Gasteiger partial charge in [0.1, 0.15) is 0 Å². The SMILES string of the molecule is CC(C)(C#N)C1CCC(C2NNC3CNC4CCC(C5CCCC(NC(=O)C6CCCCC6)C5)CC4C32)CC1. The number of carbonyl (C=O) groups excluding carboxylic acids is 1. The Labute approximate surface area is 237 Å². The molecule has 8 atom stereocenters. The van der Waals surface area contributed by atoms with E-state index in [0.29, 0.717) is 36.0 Å². The minimum absolute atomic E-state index is 0.195. The van der Waals surface area contributed by atoms with E-state index in [-0.39, 0.29) is 11.3 Å². The fraction of sp³-hybridized carbons (Fsp3) is 0.939. The zero-order valence-corrected chi connectivity index (χ0v) is 24.7. The molecule has 4 aliphatic carbocycles. The third-order valence-electron chi connectivity index (χ3n) is 12.6. The lowest BCUT2D eigenvalue weighted by atomic mass is 9.59. The molecular weight excluding hydrogens is 482 g/mol. The van der Waals surface area contributed by atoms with Gasteiger partial charge in [-0.25, -0.2) is 0 Å². The topological polar surface area (TPSA) is 89.0 Å². The monoisotopic (exact) mass is 537 g/mol. The van der Waals surface area contributed by atoms with Crippen LogP contribution in [0.3, 0.4) is 0 Å². The number of nitrogens with one attached hydrogen (secondary N) is 4. The first kappa shape index (κ1) is 28.0. The maximum Gasteiger partial charge on any atom is 0.223 e. The van der Waals surface area contributed by atoms with Crippen molar-refractivity contribution >= 4 is 5.91 Å². The third-order valence-corrected chi connectivity index (χ3v) is 12.6. The molecule has 218 valence electrons. The average molecular weight is 538 g/mol. The maximum atomic E-state index is 13.0. The number of carbonyl (C=O) groups is 1. The minimum atomic E-state index is -0.195. The molecule has 6 nitrogen and oxygen atoms in total. The number of piperidine rings is 1. The Bertz CT molecular complexity index is 885. The van der Waals surface area contributed by atoms with Crippen molar-refractivity contribution in [3.63, 3.8) is 0 Å². The Morgan fingerprint density at radius 1 is 0.795 bits per heavy atom. The number of hydrogen-bond donors (Lipinski definition) is 4. The average Bonchev–Trinajstić information content (AvgIpc) is 3.42. The summed E-state index contributed by atoms with van der Waals surface area (Å²) in [4.78, 5) is 13.0. The third kappa shape index (κ3) is 5.93. The highest BCUT2D eigenvalue weighted by molar-refractivity contribution is 5.79. The van der Waals surface area contributed by atoms with Gasteiger partial charge in [-0.3, -0.25) is 15.6 Å². The number of fused-ring (bicyclic) bond motifs is 3. The highest BCUT2D eigenvalue weighted by Crippen LogP contribution is 2.49. The summed E-state index contributed by atoms with van der Waals surface area (Å²) in [5, 5.41) is 17.1. The van der Waals surface area contributed by atoms with Gasteiger partial charge in [-0.15, -0.1) is 0 Å². The summed E-state index contributed by atoms with van der Waals surface area (Å²) < 4.78 is 0. The summed E-state index contributed by atoms with van der Waals surface area (Å²) in [6, 6.07) is 4.77. The zero-order chi connectivity index (χ0) is 27.0. The maximum absolute atomic E-state index is 13.0. The molecule has 4 N–H and O–H groups in total. The number of nitriles is 1. The van der Waals surface area contributed by atoms with Crippen LogP contribution in [0.1, 0.15) is 117 Å². The first-order valence-electron chi connectivity index (χ1n) is 16.9. The van der Waals surface area contributed by atoms with Crippen LogP contribution in [0.2, 0.25) is 0 Å². The van der Waals surface area contributed by atoms with Gasteiger partial charge in [0, 0.05) is 36.6 Å². The van der Waals surface area contributed by atoms with Crippen LogP contribution in [0.4, 0.5) is 0 Å². The van der Waals surface area contributed by atoms with E-state index < -0.39 is 0 Å². The van der Waals surface area contributed by atoms with E-state index in [0.717, 1.165) is 49.0 Å². The van der Waals surface area contributed by atoms with Gasteiger partial charge in [-0.05, 0) is 120 Å². The zero-order valence-electron chi connectivity index (χ0n) is 24.7. The van der Waals surface area contributed by atoms with Crippen LogP contribution in [-0.4, -0.2) is 36.6 Å². The van der Waals surface area contributed by atoms with E-state index in [1.165, 1.54) is 89.9 Å². The summed E-state index contributed by atoms with van der Waals surface area (Å²) in [7, 11) is 0. The van der Waals surface area contributed by atoms with Crippen molar-refractivity contribution in [2.24, 2.45) is 46.8 Å². The van der Waals surface area contributed by atoms with Crippen molar-refractivity contribution in [3.05, 3.63) is 0 Å². The van der Waals surface area contributed by atoms with E-state index >= 15 is 0 Å². The molecule has 0 spiro atoms. The second-order valence-corrected chi connectivity index (χ2v) is 15.2. The highest BCUT2D eigenvalue weighted by atomic mass is 16.1. The Balaban J connectivity index is 1.07. The lowest BCUT2D eigenvalue weighted by molar-refractivity contribution is -0.127. The Hall–Kier alpha value is -1.16. The first-order valence-corrected chi connectivity index (χ1v) is 16.9. The largest absolute Gasteiger partial charge is 0.353 e. The minimum Gasteiger partial charge on any atom is -0.353 e. The van der Waals surface area contributed by atoms with Crippen molar-refractivity contribution in [2.75, 3.05) is 6.54 Å². The van der Waals surface area contributed by atoms with Crippen LogP contribution in [0.15, 0.2) is 0 Å². The molecule has 0 aromatic rings. The van der Waals surface area contributed by atoms with Gasteiger partial charge in [0.25, 0.3) is 0 Å². The molecule has 0 aromatic heterocycles. The predicted octanol–water partition coefficient (Wildman–Crippen LogP) is 5.45.